The van der Waals surface area contributed by atoms with Gasteiger partial charge in [-0.2, -0.15) is 0 Å². The molecule has 5 heteroatoms. The molecule has 0 spiro atoms. The Hall–Kier alpha value is -3.34. The normalized spacial score (nSPS) is 38.4. The number of rotatable bonds is 8. The molecule has 5 nitrogen and oxygen atoms in total. The number of nitrogens with one attached hydrogen (secondary N) is 2. The number of hydrogen-bond acceptors (Lipinski definition) is 3. The topological polar surface area (TPSA) is 78.4 Å². The maximum absolute atomic E-state index is 14.4. The Morgan fingerprint density at radius 1 is 0.820 bits per heavy atom. The van der Waals surface area contributed by atoms with Crippen LogP contribution in [0.25, 0.3) is 5.57 Å². The van der Waals surface area contributed by atoms with Gasteiger partial charge < -0.3 is 15.7 Å². The van der Waals surface area contributed by atoms with Gasteiger partial charge in [0.15, 0.2) is 0 Å². The van der Waals surface area contributed by atoms with Crippen molar-refractivity contribution in [2.24, 2.45) is 56.7 Å². The van der Waals surface area contributed by atoms with Crippen molar-refractivity contribution in [3.63, 3.8) is 0 Å². The molecule has 2 aromatic carbocycles. The lowest BCUT2D eigenvalue weighted by atomic mass is 9.32. The van der Waals surface area contributed by atoms with E-state index in [1.54, 1.807) is 12.1 Å². The molecular weight excluding hydrogens is 617 g/mol. The van der Waals surface area contributed by atoms with Crippen LogP contribution >= 0.6 is 0 Å². The van der Waals surface area contributed by atoms with E-state index in [9.17, 15) is 14.7 Å². The van der Waals surface area contributed by atoms with E-state index >= 15 is 0 Å². The third-order valence-corrected chi connectivity index (χ3v) is 16.1. The van der Waals surface area contributed by atoms with Crippen LogP contribution in [0.4, 0.5) is 5.69 Å². The van der Waals surface area contributed by atoms with Gasteiger partial charge in [-0.15, -0.1) is 0 Å². The Morgan fingerprint density at radius 2 is 1.54 bits per heavy atom. The molecule has 1 amide bonds. The van der Waals surface area contributed by atoms with E-state index < -0.39 is 5.97 Å². The van der Waals surface area contributed by atoms with Crippen LogP contribution < -0.4 is 10.6 Å². The van der Waals surface area contributed by atoms with Gasteiger partial charge in [0.05, 0.1) is 11.0 Å². The van der Waals surface area contributed by atoms with Crippen LogP contribution in [0.2, 0.25) is 0 Å². The summed E-state index contributed by atoms with van der Waals surface area (Å²) in [6.07, 6.45) is 12.6. The monoisotopic (exact) mass is 676 g/mol. The van der Waals surface area contributed by atoms with Crippen molar-refractivity contribution in [1.29, 1.82) is 0 Å². The zero-order valence-corrected chi connectivity index (χ0v) is 31.4. The fraction of sp³-hybridized carbons (Fsp3) is 0.600. The molecule has 268 valence electrons. The number of hydrogen-bond donors (Lipinski definition) is 3. The predicted octanol–water partition coefficient (Wildman–Crippen LogP) is 10.3. The molecule has 50 heavy (non-hydrogen) atoms. The van der Waals surface area contributed by atoms with E-state index in [1.807, 2.05) is 30.3 Å². The highest BCUT2D eigenvalue weighted by Crippen LogP contribution is 2.77. The summed E-state index contributed by atoms with van der Waals surface area (Å²) in [4.78, 5) is 26.0. The Labute approximate surface area is 300 Å². The second-order valence-electron chi connectivity index (χ2n) is 18.3. The Kier molecular flexibility index (Phi) is 8.71. The summed E-state index contributed by atoms with van der Waals surface area (Å²) >= 11 is 0. The molecule has 5 aliphatic rings. The smallest absolute Gasteiger partial charge is 0.335 e. The van der Waals surface area contributed by atoms with E-state index in [0.29, 0.717) is 41.7 Å². The molecule has 7 rings (SSSR count). The molecular formula is C45H60N2O3. The average Bonchev–Trinajstić information content (AvgIpc) is 3.49. The van der Waals surface area contributed by atoms with E-state index in [2.05, 4.69) is 77.0 Å². The summed E-state index contributed by atoms with van der Waals surface area (Å²) in [5.74, 6) is 1.87. The molecule has 0 saturated heterocycles. The van der Waals surface area contributed by atoms with Gasteiger partial charge in [-0.3, -0.25) is 4.79 Å². The molecule has 0 aliphatic heterocycles. The first-order valence-corrected chi connectivity index (χ1v) is 19.5. The SMILES string of the molecule is C=C(C)C1CCC2(C(=O)NCCNc3ccccc3)CCC3(C)C(CCC4C5(C)CC=C(c6ccc(C(=O)O)cc6)C(C)(C)C5CCC43C)C12. The number of aromatic carboxylic acids is 1. The number of carboxylic acids is 1. The first kappa shape index (κ1) is 35.1. The molecule has 0 aromatic heterocycles. The third kappa shape index (κ3) is 5.14. The van der Waals surface area contributed by atoms with Gasteiger partial charge in [-0.1, -0.05) is 83.2 Å². The summed E-state index contributed by atoms with van der Waals surface area (Å²) in [5.41, 5.74) is 5.50. The van der Waals surface area contributed by atoms with Crippen molar-refractivity contribution >= 4 is 23.1 Å². The quantitative estimate of drug-likeness (QED) is 0.192. The number of amides is 1. The number of carbonyl (C=O) groups is 2. The van der Waals surface area contributed by atoms with Crippen LogP contribution in [0, 0.1) is 56.7 Å². The molecule has 3 N–H and O–H groups in total. The molecule has 2 aromatic rings. The minimum absolute atomic E-state index is 0.0114. The summed E-state index contributed by atoms with van der Waals surface area (Å²) in [5, 5.41) is 16.4. The summed E-state index contributed by atoms with van der Waals surface area (Å²) in [6.45, 7) is 20.9. The maximum atomic E-state index is 14.4. The van der Waals surface area contributed by atoms with Gasteiger partial charge in [0, 0.05) is 18.8 Å². The molecule has 9 atom stereocenters. The molecule has 0 radical (unpaired) electrons. The van der Waals surface area contributed by atoms with Crippen LogP contribution in [-0.2, 0) is 4.79 Å². The number of allylic oxidation sites excluding steroid dienone is 3. The number of anilines is 1. The van der Waals surface area contributed by atoms with Crippen molar-refractivity contribution in [1.82, 2.24) is 5.32 Å². The third-order valence-electron chi connectivity index (χ3n) is 16.1. The molecule has 0 heterocycles. The summed E-state index contributed by atoms with van der Waals surface area (Å²) < 4.78 is 0. The number of para-hydroxylation sites is 1. The highest BCUT2D eigenvalue weighted by Gasteiger charge is 2.71. The van der Waals surface area contributed by atoms with Gasteiger partial charge in [0.25, 0.3) is 0 Å². The predicted molar refractivity (Wildman–Crippen MR) is 204 cm³/mol. The van der Waals surface area contributed by atoms with Gasteiger partial charge in [0.2, 0.25) is 5.91 Å². The van der Waals surface area contributed by atoms with Crippen molar-refractivity contribution < 1.29 is 14.7 Å². The van der Waals surface area contributed by atoms with Crippen LogP contribution in [0.15, 0.2) is 72.8 Å². The Balaban J connectivity index is 1.15. The van der Waals surface area contributed by atoms with Gasteiger partial charge in [-0.25, -0.2) is 4.79 Å². The average molecular weight is 677 g/mol. The van der Waals surface area contributed by atoms with Crippen molar-refractivity contribution in [2.45, 2.75) is 99.3 Å². The second kappa shape index (κ2) is 12.4. The largest absolute Gasteiger partial charge is 0.478 e. The maximum Gasteiger partial charge on any atom is 0.335 e. The lowest BCUT2D eigenvalue weighted by molar-refractivity contribution is -0.225. The van der Waals surface area contributed by atoms with E-state index in [4.69, 9.17) is 0 Å². The number of fused-ring (bicyclic) bond motifs is 7. The molecule has 9 unspecified atom stereocenters. The minimum atomic E-state index is -0.874. The van der Waals surface area contributed by atoms with Crippen LogP contribution in [0.3, 0.4) is 0 Å². The number of benzene rings is 2. The molecule has 0 bridgehead atoms. The molecule has 4 saturated carbocycles. The minimum Gasteiger partial charge on any atom is -0.478 e. The fourth-order valence-electron chi connectivity index (χ4n) is 13.5. The van der Waals surface area contributed by atoms with E-state index in [0.717, 1.165) is 49.9 Å². The van der Waals surface area contributed by atoms with E-state index in [1.165, 1.54) is 36.8 Å². The zero-order valence-electron chi connectivity index (χ0n) is 31.4. The zero-order chi connectivity index (χ0) is 35.7. The first-order chi connectivity index (χ1) is 23.7. The lowest BCUT2D eigenvalue weighted by Gasteiger charge is -2.72. The highest BCUT2D eigenvalue weighted by molar-refractivity contribution is 5.88. The lowest BCUT2D eigenvalue weighted by Crippen LogP contribution is -2.66. The van der Waals surface area contributed by atoms with Crippen molar-refractivity contribution in [2.75, 3.05) is 18.4 Å². The Morgan fingerprint density at radius 3 is 2.22 bits per heavy atom. The second-order valence-corrected chi connectivity index (χ2v) is 18.3. The highest BCUT2D eigenvalue weighted by atomic mass is 16.4. The molecule has 5 aliphatic carbocycles. The van der Waals surface area contributed by atoms with Crippen LogP contribution in [0.1, 0.15) is 115 Å². The van der Waals surface area contributed by atoms with Gasteiger partial charge in [-0.05, 0) is 151 Å². The van der Waals surface area contributed by atoms with Crippen molar-refractivity contribution in [3.8, 4) is 0 Å². The Bertz CT molecular complexity index is 1680. The van der Waals surface area contributed by atoms with Gasteiger partial charge in [0.1, 0.15) is 0 Å². The first-order valence-electron chi connectivity index (χ1n) is 19.5. The van der Waals surface area contributed by atoms with Crippen LogP contribution in [0.5, 0.6) is 0 Å². The number of carboxylic acid groups (broad SMARTS) is 1. The van der Waals surface area contributed by atoms with Crippen LogP contribution in [-0.4, -0.2) is 30.1 Å². The van der Waals surface area contributed by atoms with Gasteiger partial charge >= 0.3 is 5.97 Å². The molecule has 4 fully saturated rings. The summed E-state index contributed by atoms with van der Waals surface area (Å²) in [6, 6.07) is 17.8. The fourth-order valence-corrected chi connectivity index (χ4v) is 13.5. The van der Waals surface area contributed by atoms with E-state index in [-0.39, 0.29) is 33.0 Å². The van der Waals surface area contributed by atoms with Crippen molar-refractivity contribution in [3.05, 3.63) is 84.0 Å². The summed E-state index contributed by atoms with van der Waals surface area (Å²) in [7, 11) is 0. The standard InChI is InChI=1S/C45H60N2O3/c1-29(2)33-19-24-45(40(50)47-28-27-46-32-11-9-8-10-12-32)26-25-43(6)35(38(33)45)17-18-37-42(5)22-20-34(30-13-15-31(16-14-30)39(48)49)41(3,4)36(42)21-23-44(37,43)7/h8-16,20,33,35-38,46H,1,17-19,21-28H2,2-7H3,(H,47,50)(H,48,49). The number of carbonyl (C=O) groups excluding carboxylic acids is 1.